The smallest absolute Gasteiger partial charge is 0.293 e. The van der Waals surface area contributed by atoms with E-state index in [2.05, 4.69) is 10.1 Å². The average molecular weight is 365 g/mol. The molecule has 1 aliphatic rings. The van der Waals surface area contributed by atoms with Gasteiger partial charge in [-0.25, -0.2) is 0 Å². The molecule has 0 radical (unpaired) electrons. The molecule has 0 aliphatic carbocycles. The second-order valence-electron chi connectivity index (χ2n) is 6.48. The molecule has 1 fully saturated rings. The summed E-state index contributed by atoms with van der Waals surface area (Å²) < 4.78 is 5.34. The van der Waals surface area contributed by atoms with Gasteiger partial charge in [-0.3, -0.25) is 10.1 Å². The molecule has 1 aliphatic heterocycles. The van der Waals surface area contributed by atoms with E-state index >= 15 is 0 Å². The quantitative estimate of drug-likeness (QED) is 0.545. The van der Waals surface area contributed by atoms with Crippen LogP contribution in [0.2, 0.25) is 0 Å². The van der Waals surface area contributed by atoms with Crippen LogP contribution in [0.4, 0.5) is 11.4 Å². The van der Waals surface area contributed by atoms with Gasteiger partial charge < -0.3 is 15.2 Å². The highest BCUT2D eigenvalue weighted by atomic mass is 16.6. The number of hydrogen-bond acceptors (Lipinski definition) is 7. The van der Waals surface area contributed by atoms with E-state index in [-0.39, 0.29) is 16.5 Å². The van der Waals surface area contributed by atoms with Gasteiger partial charge in [0.1, 0.15) is 5.69 Å². The molecule has 1 aromatic heterocycles. The Bertz CT molecular complexity index is 962. The molecule has 4 rings (SSSR count). The van der Waals surface area contributed by atoms with Crippen LogP contribution in [0.25, 0.3) is 22.8 Å². The number of nitrogens with zero attached hydrogens (tertiary/aromatic N) is 4. The Morgan fingerprint density at radius 1 is 1.11 bits per heavy atom. The highest BCUT2D eigenvalue weighted by Gasteiger charge is 2.24. The van der Waals surface area contributed by atoms with Gasteiger partial charge in [-0.15, -0.1) is 0 Å². The van der Waals surface area contributed by atoms with Crippen LogP contribution in [0.5, 0.6) is 0 Å². The maximum Gasteiger partial charge on any atom is 0.293 e. The fourth-order valence-electron chi connectivity index (χ4n) is 3.28. The van der Waals surface area contributed by atoms with Crippen molar-refractivity contribution in [3.05, 3.63) is 58.1 Å². The van der Waals surface area contributed by atoms with Crippen molar-refractivity contribution >= 4 is 11.4 Å². The zero-order valence-corrected chi connectivity index (χ0v) is 14.7. The summed E-state index contributed by atoms with van der Waals surface area (Å²) >= 11 is 0. The van der Waals surface area contributed by atoms with Gasteiger partial charge in [-0.05, 0) is 30.5 Å². The van der Waals surface area contributed by atoms with Crippen LogP contribution in [0, 0.1) is 10.1 Å². The van der Waals surface area contributed by atoms with E-state index in [1.54, 1.807) is 12.1 Å². The standard InChI is InChI=1S/C19H19N5O3/c20-12-13-3-5-14(6-4-13)18-21-19(27-22-18)15-7-8-16(17(11-15)24(25)26)23-9-1-2-10-23/h3-8,11H,1-2,9-10,12,20H2. The summed E-state index contributed by atoms with van der Waals surface area (Å²) in [4.78, 5) is 17.6. The Balaban J connectivity index is 1.66. The van der Waals surface area contributed by atoms with Crippen LogP contribution in [-0.4, -0.2) is 28.2 Å². The minimum Gasteiger partial charge on any atom is -0.366 e. The number of nitrogens with two attached hydrogens (primary N) is 1. The lowest BCUT2D eigenvalue weighted by Gasteiger charge is -2.17. The summed E-state index contributed by atoms with van der Waals surface area (Å²) in [6, 6.07) is 12.6. The van der Waals surface area contributed by atoms with Gasteiger partial charge in [0.2, 0.25) is 5.82 Å². The minimum atomic E-state index is -0.361. The molecule has 0 bridgehead atoms. The van der Waals surface area contributed by atoms with Crippen molar-refractivity contribution < 1.29 is 9.45 Å². The molecule has 2 aromatic carbocycles. The lowest BCUT2D eigenvalue weighted by molar-refractivity contribution is -0.384. The zero-order chi connectivity index (χ0) is 18.8. The monoisotopic (exact) mass is 365 g/mol. The van der Waals surface area contributed by atoms with Crippen molar-refractivity contribution in [2.75, 3.05) is 18.0 Å². The topological polar surface area (TPSA) is 111 Å². The van der Waals surface area contributed by atoms with E-state index in [1.807, 2.05) is 29.2 Å². The number of aromatic nitrogens is 2. The van der Waals surface area contributed by atoms with Gasteiger partial charge in [0, 0.05) is 36.8 Å². The first kappa shape index (κ1) is 17.2. The molecule has 8 heteroatoms. The van der Waals surface area contributed by atoms with E-state index < -0.39 is 0 Å². The van der Waals surface area contributed by atoms with E-state index in [9.17, 15) is 10.1 Å². The first-order valence-corrected chi connectivity index (χ1v) is 8.82. The van der Waals surface area contributed by atoms with Gasteiger partial charge in [0.25, 0.3) is 11.6 Å². The molecule has 1 saturated heterocycles. The van der Waals surface area contributed by atoms with E-state index in [0.717, 1.165) is 37.1 Å². The Kier molecular flexibility index (Phi) is 4.55. The van der Waals surface area contributed by atoms with E-state index in [0.29, 0.717) is 23.6 Å². The average Bonchev–Trinajstić information content (AvgIpc) is 3.40. The normalized spacial score (nSPS) is 13.9. The third-order valence-corrected chi connectivity index (χ3v) is 4.74. The number of benzene rings is 2. The van der Waals surface area contributed by atoms with Crippen molar-refractivity contribution in [2.24, 2.45) is 5.73 Å². The first-order valence-electron chi connectivity index (χ1n) is 8.82. The SMILES string of the molecule is NCc1ccc(-c2noc(-c3ccc(N4CCCC4)c([N+](=O)[O-])c3)n2)cc1. The Labute approximate surface area is 155 Å². The van der Waals surface area contributed by atoms with Gasteiger partial charge >= 0.3 is 0 Å². The molecule has 138 valence electrons. The van der Waals surface area contributed by atoms with Crippen LogP contribution in [0.1, 0.15) is 18.4 Å². The van der Waals surface area contributed by atoms with Crippen molar-refractivity contribution in [3.8, 4) is 22.8 Å². The highest BCUT2D eigenvalue weighted by Crippen LogP contribution is 2.34. The predicted molar refractivity (Wildman–Crippen MR) is 101 cm³/mol. The number of anilines is 1. The van der Waals surface area contributed by atoms with Crippen LogP contribution >= 0.6 is 0 Å². The second-order valence-corrected chi connectivity index (χ2v) is 6.48. The van der Waals surface area contributed by atoms with E-state index in [4.69, 9.17) is 10.3 Å². The van der Waals surface area contributed by atoms with Crippen molar-refractivity contribution in [1.29, 1.82) is 0 Å². The summed E-state index contributed by atoms with van der Waals surface area (Å²) in [6.45, 7) is 2.14. The molecule has 0 amide bonds. The number of hydrogen-bond donors (Lipinski definition) is 1. The van der Waals surface area contributed by atoms with Crippen molar-refractivity contribution in [1.82, 2.24) is 10.1 Å². The van der Waals surface area contributed by atoms with Crippen LogP contribution < -0.4 is 10.6 Å². The lowest BCUT2D eigenvalue weighted by Crippen LogP contribution is -2.18. The highest BCUT2D eigenvalue weighted by molar-refractivity contribution is 5.71. The van der Waals surface area contributed by atoms with Gasteiger partial charge in [0.15, 0.2) is 0 Å². The summed E-state index contributed by atoms with van der Waals surface area (Å²) in [5.74, 6) is 0.684. The molecular formula is C19H19N5O3. The molecule has 8 nitrogen and oxygen atoms in total. The first-order chi connectivity index (χ1) is 13.2. The van der Waals surface area contributed by atoms with Crippen LogP contribution in [-0.2, 0) is 6.54 Å². The lowest BCUT2D eigenvalue weighted by atomic mass is 10.1. The van der Waals surface area contributed by atoms with Crippen molar-refractivity contribution in [3.63, 3.8) is 0 Å². The summed E-state index contributed by atoms with van der Waals surface area (Å²) in [6.07, 6.45) is 2.10. The molecule has 2 N–H and O–H groups in total. The molecule has 0 unspecified atom stereocenters. The minimum absolute atomic E-state index is 0.0569. The fraction of sp³-hybridized carbons (Fsp3) is 0.263. The number of nitro benzene ring substituents is 1. The molecule has 27 heavy (non-hydrogen) atoms. The Morgan fingerprint density at radius 3 is 2.48 bits per heavy atom. The van der Waals surface area contributed by atoms with Gasteiger partial charge in [-0.2, -0.15) is 4.98 Å². The Morgan fingerprint density at radius 2 is 1.81 bits per heavy atom. The molecule has 0 saturated carbocycles. The summed E-state index contributed by atoms with van der Waals surface area (Å²) in [5.41, 5.74) is 8.64. The van der Waals surface area contributed by atoms with Crippen molar-refractivity contribution in [2.45, 2.75) is 19.4 Å². The third-order valence-electron chi connectivity index (χ3n) is 4.74. The zero-order valence-electron chi connectivity index (χ0n) is 14.7. The predicted octanol–water partition coefficient (Wildman–Crippen LogP) is 3.37. The van der Waals surface area contributed by atoms with Crippen LogP contribution in [0.15, 0.2) is 47.0 Å². The van der Waals surface area contributed by atoms with Crippen LogP contribution in [0.3, 0.4) is 0 Å². The summed E-state index contributed by atoms with van der Waals surface area (Å²) in [7, 11) is 0. The molecular weight excluding hydrogens is 346 g/mol. The van der Waals surface area contributed by atoms with Gasteiger partial charge in [-0.1, -0.05) is 29.4 Å². The fourth-order valence-corrected chi connectivity index (χ4v) is 3.28. The second kappa shape index (κ2) is 7.16. The maximum atomic E-state index is 11.6. The molecule has 2 heterocycles. The number of nitro groups is 1. The third kappa shape index (κ3) is 3.39. The Hall–Kier alpha value is -3.26. The molecule has 0 spiro atoms. The number of rotatable bonds is 5. The van der Waals surface area contributed by atoms with Gasteiger partial charge in [0.05, 0.1) is 4.92 Å². The molecule has 3 aromatic rings. The largest absolute Gasteiger partial charge is 0.366 e. The summed E-state index contributed by atoms with van der Waals surface area (Å²) in [5, 5.41) is 15.5. The molecule has 0 atom stereocenters. The van der Waals surface area contributed by atoms with E-state index in [1.165, 1.54) is 6.07 Å². The maximum absolute atomic E-state index is 11.6.